The van der Waals surface area contributed by atoms with Crippen LogP contribution in [0.4, 0.5) is 11.4 Å². The van der Waals surface area contributed by atoms with E-state index in [9.17, 15) is 9.59 Å². The Balaban J connectivity index is 1.60. The fraction of sp³-hybridized carbons (Fsp3) is 0.263. The highest BCUT2D eigenvalue weighted by Crippen LogP contribution is 2.32. The molecule has 2 N–H and O–H groups in total. The van der Waals surface area contributed by atoms with Crippen molar-refractivity contribution < 1.29 is 19.1 Å². The number of amides is 2. The number of ether oxygens (including phenoxy) is 2. The molecule has 2 aromatic carbocycles. The number of carbonyl (C=O) groups excluding carboxylic acids is 2. The zero-order valence-corrected chi connectivity index (χ0v) is 14.4. The summed E-state index contributed by atoms with van der Waals surface area (Å²) in [7, 11) is 0. The highest BCUT2D eigenvalue weighted by molar-refractivity contribution is 5.99. The van der Waals surface area contributed by atoms with E-state index in [0.717, 1.165) is 5.56 Å². The molecule has 3 rings (SSSR count). The summed E-state index contributed by atoms with van der Waals surface area (Å²) >= 11 is 0. The van der Waals surface area contributed by atoms with Crippen molar-refractivity contribution in [1.82, 2.24) is 0 Å². The van der Waals surface area contributed by atoms with Crippen molar-refractivity contribution in [2.45, 2.75) is 26.9 Å². The van der Waals surface area contributed by atoms with Gasteiger partial charge in [0.1, 0.15) is 11.5 Å². The van der Waals surface area contributed by atoms with Gasteiger partial charge in [-0.2, -0.15) is 0 Å². The summed E-state index contributed by atoms with van der Waals surface area (Å²) < 4.78 is 11.0. The number of carbonyl (C=O) groups is 2. The maximum atomic E-state index is 12.1. The van der Waals surface area contributed by atoms with E-state index in [4.69, 9.17) is 9.47 Å². The Bertz CT molecular complexity index is 832. The van der Waals surface area contributed by atoms with E-state index < -0.39 is 6.10 Å². The molecule has 2 aromatic rings. The van der Waals surface area contributed by atoms with Crippen molar-refractivity contribution in [2.24, 2.45) is 0 Å². The van der Waals surface area contributed by atoms with Crippen LogP contribution >= 0.6 is 0 Å². The number of nitrogens with one attached hydrogen (secondary N) is 2. The predicted octanol–water partition coefficient (Wildman–Crippen LogP) is 3.04. The number of benzene rings is 2. The molecule has 0 aromatic heterocycles. The molecular weight excluding hydrogens is 320 g/mol. The average Bonchev–Trinajstić information content (AvgIpc) is 2.57. The molecule has 0 fully saturated rings. The van der Waals surface area contributed by atoms with Gasteiger partial charge in [-0.1, -0.05) is 6.07 Å². The highest BCUT2D eigenvalue weighted by atomic mass is 16.5. The lowest BCUT2D eigenvalue weighted by molar-refractivity contribution is -0.122. The first-order valence-electron chi connectivity index (χ1n) is 8.04. The summed E-state index contributed by atoms with van der Waals surface area (Å²) in [6.45, 7) is 5.59. The zero-order chi connectivity index (χ0) is 18.0. The fourth-order valence-corrected chi connectivity index (χ4v) is 2.44. The molecule has 0 unspecified atom stereocenters. The summed E-state index contributed by atoms with van der Waals surface area (Å²) in [5.41, 5.74) is 3.38. The minimum Gasteiger partial charge on any atom is -0.484 e. The van der Waals surface area contributed by atoms with E-state index in [1.54, 1.807) is 25.1 Å². The molecule has 6 heteroatoms. The van der Waals surface area contributed by atoms with Crippen LogP contribution in [0.25, 0.3) is 0 Å². The molecule has 0 saturated carbocycles. The topological polar surface area (TPSA) is 76.7 Å². The Morgan fingerprint density at radius 2 is 2.00 bits per heavy atom. The SMILES string of the molecule is Cc1ccc(OCC(=O)Nc2ccc3c(c2)NC(=O)[C@@H](C)O3)cc1C. The fourth-order valence-electron chi connectivity index (χ4n) is 2.44. The second kappa shape index (κ2) is 6.84. The second-order valence-corrected chi connectivity index (χ2v) is 6.04. The van der Waals surface area contributed by atoms with Crippen LogP contribution in [0.15, 0.2) is 36.4 Å². The third kappa shape index (κ3) is 3.91. The summed E-state index contributed by atoms with van der Waals surface area (Å²) in [4.78, 5) is 23.7. The van der Waals surface area contributed by atoms with Gasteiger partial charge < -0.3 is 20.1 Å². The normalized spacial score (nSPS) is 15.6. The van der Waals surface area contributed by atoms with Crippen molar-refractivity contribution in [3.05, 3.63) is 47.5 Å². The number of hydrogen-bond acceptors (Lipinski definition) is 4. The quantitative estimate of drug-likeness (QED) is 0.897. The van der Waals surface area contributed by atoms with Gasteiger partial charge in [0.05, 0.1) is 5.69 Å². The molecular formula is C19H20N2O4. The Labute approximate surface area is 146 Å². The summed E-state index contributed by atoms with van der Waals surface area (Å²) in [5.74, 6) is 0.735. The first-order valence-corrected chi connectivity index (χ1v) is 8.04. The van der Waals surface area contributed by atoms with Crippen LogP contribution in [0.3, 0.4) is 0 Å². The summed E-state index contributed by atoms with van der Waals surface area (Å²) in [6.07, 6.45) is -0.528. The average molecular weight is 340 g/mol. The zero-order valence-electron chi connectivity index (χ0n) is 14.4. The monoisotopic (exact) mass is 340 g/mol. The molecule has 0 radical (unpaired) electrons. The molecule has 1 aliphatic heterocycles. The van der Waals surface area contributed by atoms with Gasteiger partial charge in [0.25, 0.3) is 11.8 Å². The lowest BCUT2D eigenvalue weighted by atomic mass is 10.1. The van der Waals surface area contributed by atoms with Crippen molar-refractivity contribution >= 4 is 23.2 Å². The van der Waals surface area contributed by atoms with E-state index in [-0.39, 0.29) is 18.4 Å². The van der Waals surface area contributed by atoms with Gasteiger partial charge in [0.2, 0.25) is 0 Å². The Kier molecular flexibility index (Phi) is 4.61. The smallest absolute Gasteiger partial charge is 0.265 e. The Morgan fingerprint density at radius 1 is 1.20 bits per heavy atom. The number of hydrogen-bond donors (Lipinski definition) is 2. The molecule has 1 atom stereocenters. The predicted molar refractivity (Wildman–Crippen MR) is 95.2 cm³/mol. The van der Waals surface area contributed by atoms with Crippen molar-refractivity contribution in [3.63, 3.8) is 0 Å². The number of anilines is 2. The standard InChI is InChI=1S/C19H20N2O4/c1-11-4-6-15(8-12(11)2)24-10-18(22)20-14-5-7-17-16(9-14)21-19(23)13(3)25-17/h4-9,13H,10H2,1-3H3,(H,20,22)(H,21,23)/t13-/m1/s1. The molecule has 2 amide bonds. The van der Waals surface area contributed by atoms with Crippen LogP contribution in [0.5, 0.6) is 11.5 Å². The number of rotatable bonds is 4. The molecule has 1 heterocycles. The molecule has 130 valence electrons. The first kappa shape index (κ1) is 16.8. The molecule has 0 bridgehead atoms. The third-order valence-electron chi connectivity index (χ3n) is 4.04. The first-order chi connectivity index (χ1) is 11.9. The third-order valence-corrected chi connectivity index (χ3v) is 4.04. The van der Waals surface area contributed by atoms with Gasteiger partial charge in [-0.25, -0.2) is 0 Å². The lowest BCUT2D eigenvalue weighted by Crippen LogP contribution is -2.34. The molecule has 6 nitrogen and oxygen atoms in total. The van der Waals surface area contributed by atoms with Crippen molar-refractivity contribution in [2.75, 3.05) is 17.2 Å². The molecule has 0 aliphatic carbocycles. The highest BCUT2D eigenvalue weighted by Gasteiger charge is 2.23. The van der Waals surface area contributed by atoms with Crippen LogP contribution in [0.1, 0.15) is 18.1 Å². The van der Waals surface area contributed by atoms with Crippen LogP contribution in [-0.2, 0) is 9.59 Å². The van der Waals surface area contributed by atoms with E-state index in [1.165, 1.54) is 5.56 Å². The van der Waals surface area contributed by atoms with Crippen LogP contribution in [0, 0.1) is 13.8 Å². The maximum absolute atomic E-state index is 12.1. The van der Waals surface area contributed by atoms with Gasteiger partial charge in [-0.05, 0) is 62.2 Å². The van der Waals surface area contributed by atoms with Crippen LogP contribution in [0.2, 0.25) is 0 Å². The largest absolute Gasteiger partial charge is 0.484 e. The lowest BCUT2D eigenvalue weighted by Gasteiger charge is -2.23. The number of aryl methyl sites for hydroxylation is 2. The van der Waals surface area contributed by atoms with E-state index >= 15 is 0 Å². The van der Waals surface area contributed by atoms with Gasteiger partial charge in [-0.3, -0.25) is 9.59 Å². The van der Waals surface area contributed by atoms with Crippen molar-refractivity contribution in [3.8, 4) is 11.5 Å². The van der Waals surface area contributed by atoms with Gasteiger partial charge in [0.15, 0.2) is 12.7 Å². The minimum atomic E-state index is -0.528. The van der Waals surface area contributed by atoms with Gasteiger partial charge in [0, 0.05) is 5.69 Å². The Hall–Kier alpha value is -3.02. The van der Waals surface area contributed by atoms with Gasteiger partial charge in [-0.15, -0.1) is 0 Å². The maximum Gasteiger partial charge on any atom is 0.265 e. The van der Waals surface area contributed by atoms with Gasteiger partial charge >= 0.3 is 0 Å². The van der Waals surface area contributed by atoms with E-state index in [2.05, 4.69) is 10.6 Å². The Morgan fingerprint density at radius 3 is 2.76 bits per heavy atom. The number of fused-ring (bicyclic) bond motifs is 1. The summed E-state index contributed by atoms with van der Waals surface area (Å²) in [6, 6.07) is 10.8. The van der Waals surface area contributed by atoms with Crippen LogP contribution in [-0.4, -0.2) is 24.5 Å². The minimum absolute atomic E-state index is 0.0977. The molecule has 0 spiro atoms. The molecule has 0 saturated heterocycles. The molecule has 25 heavy (non-hydrogen) atoms. The summed E-state index contributed by atoms with van der Waals surface area (Å²) in [5, 5.41) is 5.49. The second-order valence-electron chi connectivity index (χ2n) is 6.04. The van der Waals surface area contributed by atoms with E-state index in [1.807, 2.05) is 32.0 Å². The van der Waals surface area contributed by atoms with Crippen molar-refractivity contribution in [1.29, 1.82) is 0 Å². The van der Waals surface area contributed by atoms with Crippen LogP contribution < -0.4 is 20.1 Å². The van der Waals surface area contributed by atoms with E-state index in [0.29, 0.717) is 22.9 Å². The molecule has 1 aliphatic rings.